The van der Waals surface area contributed by atoms with Crippen molar-refractivity contribution < 1.29 is 14.7 Å². The first-order valence-corrected chi connectivity index (χ1v) is 7.08. The molecule has 1 amide bonds. The van der Waals surface area contributed by atoms with Gasteiger partial charge in [0.15, 0.2) is 5.82 Å². The third kappa shape index (κ3) is 2.67. The Hall–Kier alpha value is -2.76. The molecule has 1 N–H and O–H groups in total. The van der Waals surface area contributed by atoms with Crippen molar-refractivity contribution in [1.29, 1.82) is 0 Å². The number of benzene rings is 1. The summed E-state index contributed by atoms with van der Waals surface area (Å²) in [4.78, 5) is 33.3. The van der Waals surface area contributed by atoms with Gasteiger partial charge < -0.3 is 10.0 Å². The number of carboxylic acids is 1. The molecular formula is C16H15N3O3. The lowest BCUT2D eigenvalue weighted by Gasteiger charge is -2.21. The first-order chi connectivity index (χ1) is 10.7. The number of rotatable bonds is 3. The van der Waals surface area contributed by atoms with Gasteiger partial charge in [-0.15, -0.1) is 0 Å². The molecule has 6 nitrogen and oxygen atoms in total. The minimum absolute atomic E-state index is 0.313. The van der Waals surface area contributed by atoms with Crippen molar-refractivity contribution in [2.45, 2.75) is 18.9 Å². The van der Waals surface area contributed by atoms with Crippen LogP contribution in [0, 0.1) is 0 Å². The van der Waals surface area contributed by atoms with Gasteiger partial charge in [0.25, 0.3) is 5.91 Å². The monoisotopic (exact) mass is 297 g/mol. The molecule has 112 valence electrons. The lowest BCUT2D eigenvalue weighted by molar-refractivity contribution is -0.141. The topological polar surface area (TPSA) is 83.4 Å². The van der Waals surface area contributed by atoms with Gasteiger partial charge >= 0.3 is 5.97 Å². The number of hydrogen-bond donors (Lipinski definition) is 1. The van der Waals surface area contributed by atoms with Crippen molar-refractivity contribution in [2.75, 3.05) is 6.54 Å². The van der Waals surface area contributed by atoms with Gasteiger partial charge in [-0.25, -0.2) is 14.8 Å². The number of amides is 1. The van der Waals surface area contributed by atoms with Crippen LogP contribution in [-0.2, 0) is 4.79 Å². The molecule has 1 saturated heterocycles. The van der Waals surface area contributed by atoms with Crippen molar-refractivity contribution in [2.24, 2.45) is 0 Å². The van der Waals surface area contributed by atoms with E-state index in [0.29, 0.717) is 30.8 Å². The summed E-state index contributed by atoms with van der Waals surface area (Å²) in [5, 5.41) is 9.15. The Balaban J connectivity index is 1.81. The minimum atomic E-state index is -0.965. The van der Waals surface area contributed by atoms with Crippen molar-refractivity contribution >= 4 is 11.9 Å². The summed E-state index contributed by atoms with van der Waals surface area (Å²) in [6.07, 6.45) is 4.10. The molecular weight excluding hydrogens is 282 g/mol. The van der Waals surface area contributed by atoms with E-state index in [1.165, 1.54) is 17.3 Å². The first-order valence-electron chi connectivity index (χ1n) is 7.08. The van der Waals surface area contributed by atoms with Crippen LogP contribution < -0.4 is 0 Å². The Morgan fingerprint density at radius 1 is 1.14 bits per heavy atom. The highest BCUT2D eigenvalue weighted by Crippen LogP contribution is 2.20. The number of carbonyl (C=O) groups excluding carboxylic acids is 1. The molecule has 1 aromatic heterocycles. The predicted molar refractivity (Wildman–Crippen MR) is 79.2 cm³/mol. The van der Waals surface area contributed by atoms with Crippen LogP contribution in [0.1, 0.15) is 23.2 Å². The van der Waals surface area contributed by atoms with Crippen molar-refractivity contribution in [3.05, 3.63) is 48.3 Å². The Labute approximate surface area is 127 Å². The van der Waals surface area contributed by atoms with Gasteiger partial charge in [0.1, 0.15) is 6.04 Å². The molecule has 1 atom stereocenters. The molecule has 22 heavy (non-hydrogen) atoms. The summed E-state index contributed by atoms with van der Waals surface area (Å²) in [5.74, 6) is -0.759. The van der Waals surface area contributed by atoms with Crippen molar-refractivity contribution in [3.8, 4) is 11.4 Å². The van der Waals surface area contributed by atoms with Gasteiger partial charge in [0.2, 0.25) is 0 Å². The molecule has 2 heterocycles. The molecule has 0 unspecified atom stereocenters. The minimum Gasteiger partial charge on any atom is -0.480 e. The van der Waals surface area contributed by atoms with Gasteiger partial charge in [-0.2, -0.15) is 0 Å². The summed E-state index contributed by atoms with van der Waals surface area (Å²) in [7, 11) is 0. The van der Waals surface area contributed by atoms with E-state index in [0.717, 1.165) is 5.56 Å². The van der Waals surface area contributed by atoms with Gasteiger partial charge in [0.05, 0.1) is 5.56 Å². The molecule has 6 heteroatoms. The Kier molecular flexibility index (Phi) is 3.82. The predicted octanol–water partition coefficient (Wildman–Crippen LogP) is 1.83. The Morgan fingerprint density at radius 3 is 2.45 bits per heavy atom. The number of hydrogen-bond acceptors (Lipinski definition) is 4. The van der Waals surface area contributed by atoms with Crippen LogP contribution in [0.5, 0.6) is 0 Å². The molecule has 1 fully saturated rings. The molecule has 0 radical (unpaired) electrons. The second kappa shape index (κ2) is 5.93. The van der Waals surface area contributed by atoms with E-state index in [2.05, 4.69) is 9.97 Å². The van der Waals surface area contributed by atoms with Gasteiger partial charge in [0, 0.05) is 24.5 Å². The molecule has 0 bridgehead atoms. The lowest BCUT2D eigenvalue weighted by Crippen LogP contribution is -2.40. The number of carboxylic acid groups (broad SMARTS) is 1. The normalized spacial score (nSPS) is 17.5. The molecule has 0 saturated carbocycles. The molecule has 3 rings (SSSR count). The van der Waals surface area contributed by atoms with Crippen LogP contribution >= 0.6 is 0 Å². The lowest BCUT2D eigenvalue weighted by atomic mass is 10.2. The van der Waals surface area contributed by atoms with Crippen LogP contribution in [0.25, 0.3) is 11.4 Å². The van der Waals surface area contributed by atoms with E-state index in [-0.39, 0.29) is 5.91 Å². The van der Waals surface area contributed by atoms with Crippen LogP contribution in [0.2, 0.25) is 0 Å². The Morgan fingerprint density at radius 2 is 1.82 bits per heavy atom. The smallest absolute Gasteiger partial charge is 0.326 e. The van der Waals surface area contributed by atoms with E-state index < -0.39 is 12.0 Å². The number of aromatic nitrogens is 2. The van der Waals surface area contributed by atoms with E-state index in [9.17, 15) is 9.59 Å². The molecule has 1 aliphatic rings. The fourth-order valence-electron chi connectivity index (χ4n) is 2.61. The van der Waals surface area contributed by atoms with Crippen LogP contribution in [0.3, 0.4) is 0 Å². The second-order valence-corrected chi connectivity index (χ2v) is 5.16. The molecule has 1 aromatic carbocycles. The van der Waals surface area contributed by atoms with Crippen LogP contribution in [0.4, 0.5) is 0 Å². The Bertz CT molecular complexity index is 686. The molecule has 2 aromatic rings. The maximum Gasteiger partial charge on any atom is 0.326 e. The maximum absolute atomic E-state index is 12.4. The van der Waals surface area contributed by atoms with Gasteiger partial charge in [-0.3, -0.25) is 4.79 Å². The fourth-order valence-corrected chi connectivity index (χ4v) is 2.61. The zero-order chi connectivity index (χ0) is 15.5. The highest BCUT2D eigenvalue weighted by atomic mass is 16.4. The van der Waals surface area contributed by atoms with E-state index in [1.807, 2.05) is 30.3 Å². The van der Waals surface area contributed by atoms with Gasteiger partial charge in [-0.05, 0) is 12.8 Å². The zero-order valence-electron chi connectivity index (χ0n) is 11.8. The first kappa shape index (κ1) is 14.2. The average Bonchev–Trinajstić information content (AvgIpc) is 3.05. The summed E-state index contributed by atoms with van der Waals surface area (Å²) in [6, 6.07) is 8.70. The van der Waals surface area contributed by atoms with Crippen LogP contribution in [-0.4, -0.2) is 44.4 Å². The second-order valence-electron chi connectivity index (χ2n) is 5.16. The van der Waals surface area contributed by atoms with E-state index >= 15 is 0 Å². The number of nitrogens with zero attached hydrogens (tertiary/aromatic N) is 3. The molecule has 0 spiro atoms. The average molecular weight is 297 g/mol. The van der Waals surface area contributed by atoms with Gasteiger partial charge in [-0.1, -0.05) is 30.3 Å². The summed E-state index contributed by atoms with van der Waals surface area (Å²) in [6.45, 7) is 0.455. The number of likely N-dealkylation sites (tertiary alicyclic amines) is 1. The SMILES string of the molecule is O=C(O)[C@H]1CCCN1C(=O)c1cnc(-c2ccccc2)nc1. The van der Waals surface area contributed by atoms with Crippen LogP contribution in [0.15, 0.2) is 42.7 Å². The van der Waals surface area contributed by atoms with Crippen molar-refractivity contribution in [1.82, 2.24) is 14.9 Å². The number of aliphatic carboxylic acids is 1. The largest absolute Gasteiger partial charge is 0.480 e. The highest BCUT2D eigenvalue weighted by molar-refractivity contribution is 5.96. The highest BCUT2D eigenvalue weighted by Gasteiger charge is 2.34. The maximum atomic E-state index is 12.4. The van der Waals surface area contributed by atoms with E-state index in [4.69, 9.17) is 5.11 Å². The third-order valence-corrected chi connectivity index (χ3v) is 3.73. The number of carbonyl (C=O) groups is 2. The molecule has 0 aliphatic carbocycles. The third-order valence-electron chi connectivity index (χ3n) is 3.73. The summed E-state index contributed by atoms with van der Waals surface area (Å²) >= 11 is 0. The summed E-state index contributed by atoms with van der Waals surface area (Å²) < 4.78 is 0. The molecule has 1 aliphatic heterocycles. The standard InChI is InChI=1S/C16H15N3O3/c20-15(19-8-4-7-13(19)16(21)22)12-9-17-14(18-10-12)11-5-2-1-3-6-11/h1-3,5-6,9-10,13H,4,7-8H2,(H,21,22)/t13-/m1/s1. The zero-order valence-corrected chi connectivity index (χ0v) is 11.8. The fraction of sp³-hybridized carbons (Fsp3) is 0.250. The summed E-state index contributed by atoms with van der Waals surface area (Å²) in [5.41, 5.74) is 1.18. The quantitative estimate of drug-likeness (QED) is 0.934. The van der Waals surface area contributed by atoms with Crippen molar-refractivity contribution in [3.63, 3.8) is 0 Å². The van der Waals surface area contributed by atoms with E-state index in [1.54, 1.807) is 0 Å².